The van der Waals surface area contributed by atoms with Gasteiger partial charge in [0, 0.05) is 35.6 Å². The number of rotatable bonds is 13. The van der Waals surface area contributed by atoms with Crippen molar-refractivity contribution in [1.82, 2.24) is 9.80 Å². The summed E-state index contributed by atoms with van der Waals surface area (Å²) in [6, 6.07) is 9.84. The van der Waals surface area contributed by atoms with Crippen LogP contribution < -0.4 is 11.5 Å². The van der Waals surface area contributed by atoms with Gasteiger partial charge in [0.05, 0.1) is 11.1 Å². The Balaban J connectivity index is 2.16. The molecule has 2 rings (SSSR count). The first-order valence-electron chi connectivity index (χ1n) is 11.9. The van der Waals surface area contributed by atoms with Crippen molar-refractivity contribution in [3.63, 3.8) is 0 Å². The molecular weight excluding hydrogens is 432 g/mol. The first-order valence-corrected chi connectivity index (χ1v) is 11.9. The minimum Gasteiger partial charge on any atom is -0.461 e. The van der Waals surface area contributed by atoms with Crippen molar-refractivity contribution in [2.24, 2.45) is 0 Å². The zero-order valence-electron chi connectivity index (χ0n) is 20.8. The molecule has 2 aromatic rings. The van der Waals surface area contributed by atoms with Crippen LogP contribution in [0.2, 0.25) is 0 Å². The molecule has 0 fully saturated rings. The summed E-state index contributed by atoms with van der Waals surface area (Å²) in [5.74, 6) is -0.863. The van der Waals surface area contributed by atoms with Gasteiger partial charge >= 0.3 is 11.9 Å². The summed E-state index contributed by atoms with van der Waals surface area (Å²) in [6.45, 7) is 13.8. The van der Waals surface area contributed by atoms with Crippen LogP contribution in [0.25, 0.3) is 11.1 Å². The maximum Gasteiger partial charge on any atom is 0.338 e. The normalized spacial score (nSPS) is 11.1. The lowest BCUT2D eigenvalue weighted by Gasteiger charge is -2.18. The maximum absolute atomic E-state index is 12.6. The molecule has 8 nitrogen and oxygen atoms in total. The molecule has 0 bridgehead atoms. The number of carbonyl (C=O) groups is 2. The Morgan fingerprint density at radius 1 is 0.676 bits per heavy atom. The van der Waals surface area contributed by atoms with Crippen LogP contribution in [-0.4, -0.2) is 74.2 Å². The van der Waals surface area contributed by atoms with Gasteiger partial charge in [0.25, 0.3) is 0 Å². The quantitative estimate of drug-likeness (QED) is 0.338. The van der Waals surface area contributed by atoms with Crippen LogP contribution in [0, 0.1) is 0 Å². The van der Waals surface area contributed by atoms with E-state index in [-0.39, 0.29) is 0 Å². The summed E-state index contributed by atoms with van der Waals surface area (Å²) in [5, 5.41) is 0. The molecule has 0 heterocycles. The zero-order chi connectivity index (χ0) is 25.1. The van der Waals surface area contributed by atoms with E-state index < -0.39 is 11.9 Å². The molecule has 0 unspecified atom stereocenters. The standard InChI is InChI=1S/C26H38N4O4/c1-5-29(6-2)13-15-33-25(31)19-9-11-23(27)21(17-19)22-18-20(10-12-24(22)28)26(32)34-16-14-30(7-3)8-4/h9-12,17-18H,5-8,13-16,27-28H2,1-4H3. The highest BCUT2D eigenvalue weighted by molar-refractivity contribution is 5.97. The molecule has 0 aliphatic heterocycles. The minimum atomic E-state index is -0.432. The fourth-order valence-electron chi connectivity index (χ4n) is 3.61. The van der Waals surface area contributed by atoms with E-state index in [0.29, 0.717) is 59.9 Å². The monoisotopic (exact) mass is 470 g/mol. The fourth-order valence-corrected chi connectivity index (χ4v) is 3.61. The number of nitrogen functional groups attached to an aromatic ring is 2. The van der Waals surface area contributed by atoms with Crippen molar-refractivity contribution in [2.45, 2.75) is 27.7 Å². The largest absolute Gasteiger partial charge is 0.461 e. The number of ether oxygens (including phenoxy) is 2. The molecule has 2 aromatic carbocycles. The number of nitrogens with zero attached hydrogens (tertiary/aromatic N) is 2. The second-order valence-corrected chi connectivity index (χ2v) is 7.93. The molecule has 4 N–H and O–H groups in total. The van der Waals surface area contributed by atoms with Gasteiger partial charge in [-0.25, -0.2) is 9.59 Å². The molecule has 0 saturated carbocycles. The number of carbonyl (C=O) groups excluding carboxylic acids is 2. The van der Waals surface area contributed by atoms with Gasteiger partial charge < -0.3 is 30.7 Å². The lowest BCUT2D eigenvalue weighted by Crippen LogP contribution is -2.28. The van der Waals surface area contributed by atoms with E-state index in [9.17, 15) is 9.59 Å². The third-order valence-electron chi connectivity index (χ3n) is 5.94. The molecule has 0 spiro atoms. The topological polar surface area (TPSA) is 111 Å². The molecule has 0 saturated heterocycles. The van der Waals surface area contributed by atoms with Crippen molar-refractivity contribution in [3.05, 3.63) is 47.5 Å². The number of hydrogen-bond acceptors (Lipinski definition) is 8. The van der Waals surface area contributed by atoms with Crippen molar-refractivity contribution in [2.75, 3.05) is 63.9 Å². The highest BCUT2D eigenvalue weighted by Gasteiger charge is 2.16. The summed E-state index contributed by atoms with van der Waals surface area (Å²) >= 11 is 0. The van der Waals surface area contributed by atoms with Gasteiger partial charge in [-0.15, -0.1) is 0 Å². The Hall–Kier alpha value is -3.10. The minimum absolute atomic E-state index is 0.303. The predicted octanol–water partition coefficient (Wildman–Crippen LogP) is 3.52. The number of nitrogens with two attached hydrogens (primary N) is 2. The SMILES string of the molecule is CCN(CC)CCOC(=O)c1ccc(N)c(-c2cc(C(=O)OCCN(CC)CC)ccc2N)c1. The van der Waals surface area contributed by atoms with Crippen LogP contribution in [0.15, 0.2) is 36.4 Å². The van der Waals surface area contributed by atoms with Crippen molar-refractivity contribution in [3.8, 4) is 11.1 Å². The molecule has 34 heavy (non-hydrogen) atoms. The lowest BCUT2D eigenvalue weighted by atomic mass is 9.97. The van der Waals surface area contributed by atoms with Crippen molar-refractivity contribution >= 4 is 23.3 Å². The highest BCUT2D eigenvalue weighted by atomic mass is 16.5. The molecule has 0 amide bonds. The third kappa shape index (κ3) is 7.46. The van der Waals surface area contributed by atoms with E-state index in [2.05, 4.69) is 37.5 Å². The number of hydrogen-bond donors (Lipinski definition) is 2. The van der Waals surface area contributed by atoms with Crippen LogP contribution in [0.3, 0.4) is 0 Å². The lowest BCUT2D eigenvalue weighted by molar-refractivity contribution is 0.0457. The number of anilines is 2. The van der Waals surface area contributed by atoms with E-state index in [4.69, 9.17) is 20.9 Å². The molecule has 0 radical (unpaired) electrons. The van der Waals surface area contributed by atoms with Crippen molar-refractivity contribution in [1.29, 1.82) is 0 Å². The Labute approximate surface area is 202 Å². The van der Waals surface area contributed by atoms with E-state index in [0.717, 1.165) is 26.2 Å². The van der Waals surface area contributed by atoms with Crippen LogP contribution in [-0.2, 0) is 9.47 Å². The number of esters is 2. The summed E-state index contributed by atoms with van der Waals surface area (Å²) in [5.41, 5.74) is 15.2. The summed E-state index contributed by atoms with van der Waals surface area (Å²) in [4.78, 5) is 29.5. The Kier molecular flexibility index (Phi) is 10.8. The average molecular weight is 471 g/mol. The van der Waals surface area contributed by atoms with Gasteiger partial charge in [0.1, 0.15) is 13.2 Å². The zero-order valence-corrected chi connectivity index (χ0v) is 20.8. The fraction of sp³-hybridized carbons (Fsp3) is 0.462. The second-order valence-electron chi connectivity index (χ2n) is 7.93. The molecule has 0 atom stereocenters. The summed E-state index contributed by atoms with van der Waals surface area (Å²) < 4.78 is 10.9. The third-order valence-corrected chi connectivity index (χ3v) is 5.94. The molecule has 186 valence electrons. The first-order chi connectivity index (χ1) is 16.3. The average Bonchev–Trinajstić information content (AvgIpc) is 2.85. The first kappa shape index (κ1) is 27.1. The van der Waals surface area contributed by atoms with Crippen LogP contribution in [0.1, 0.15) is 48.4 Å². The smallest absolute Gasteiger partial charge is 0.338 e. The van der Waals surface area contributed by atoms with E-state index in [1.54, 1.807) is 36.4 Å². The molecule has 0 aliphatic carbocycles. The molecule has 0 aliphatic rings. The molecule has 0 aromatic heterocycles. The molecule has 8 heteroatoms. The summed E-state index contributed by atoms with van der Waals surface area (Å²) in [7, 11) is 0. The van der Waals surface area contributed by atoms with Crippen molar-refractivity contribution < 1.29 is 19.1 Å². The second kappa shape index (κ2) is 13.6. The Morgan fingerprint density at radius 2 is 1.03 bits per heavy atom. The van der Waals surface area contributed by atoms with Crippen LogP contribution in [0.5, 0.6) is 0 Å². The Morgan fingerprint density at radius 3 is 1.35 bits per heavy atom. The van der Waals surface area contributed by atoms with Gasteiger partial charge in [-0.05, 0) is 62.6 Å². The Bertz CT molecular complexity index is 878. The van der Waals surface area contributed by atoms with Gasteiger partial charge in [0.15, 0.2) is 0 Å². The highest BCUT2D eigenvalue weighted by Crippen LogP contribution is 2.32. The number of benzene rings is 2. The van der Waals surface area contributed by atoms with E-state index in [1.165, 1.54) is 0 Å². The summed E-state index contributed by atoms with van der Waals surface area (Å²) in [6.07, 6.45) is 0. The maximum atomic E-state index is 12.6. The van der Waals surface area contributed by atoms with Gasteiger partial charge in [-0.2, -0.15) is 0 Å². The van der Waals surface area contributed by atoms with E-state index in [1.807, 2.05) is 0 Å². The number of likely N-dealkylation sites (N-methyl/N-ethyl adjacent to an activating group) is 2. The van der Waals surface area contributed by atoms with Gasteiger partial charge in [-0.1, -0.05) is 27.7 Å². The van der Waals surface area contributed by atoms with Gasteiger partial charge in [-0.3, -0.25) is 0 Å². The molecular formula is C26H38N4O4. The van der Waals surface area contributed by atoms with Crippen LogP contribution >= 0.6 is 0 Å². The van der Waals surface area contributed by atoms with Gasteiger partial charge in [0.2, 0.25) is 0 Å². The predicted molar refractivity (Wildman–Crippen MR) is 137 cm³/mol. The van der Waals surface area contributed by atoms with E-state index >= 15 is 0 Å². The van der Waals surface area contributed by atoms with Crippen LogP contribution in [0.4, 0.5) is 11.4 Å².